The van der Waals surface area contributed by atoms with E-state index < -0.39 is 30.3 Å². The number of aliphatic hydroxyl groups excluding tert-OH is 1. The second-order valence-electron chi connectivity index (χ2n) is 12.1. The second kappa shape index (κ2) is 14.2. The van der Waals surface area contributed by atoms with Crippen LogP contribution in [0.4, 0.5) is 36.3 Å². The summed E-state index contributed by atoms with van der Waals surface area (Å²) in [7, 11) is -1.59. The molecule has 0 saturated heterocycles. The third kappa shape index (κ3) is 7.00. The highest BCUT2D eigenvalue weighted by Gasteiger charge is 2.45. The van der Waals surface area contributed by atoms with Gasteiger partial charge in [0.15, 0.2) is 0 Å². The summed E-state index contributed by atoms with van der Waals surface area (Å²) in [6, 6.07) is 7.95. The predicted octanol–water partition coefficient (Wildman–Crippen LogP) is 7.21. The normalized spacial score (nSPS) is 18.3. The average molecular weight is 714 g/mol. The lowest BCUT2D eigenvalue weighted by Gasteiger charge is -2.33. The van der Waals surface area contributed by atoms with Crippen molar-refractivity contribution >= 4 is 49.1 Å². The molecule has 5 rings (SSSR count). The minimum absolute atomic E-state index is 0. The number of fused-ring (bicyclic) bond motifs is 1. The summed E-state index contributed by atoms with van der Waals surface area (Å²) in [4.78, 5) is 43.2. The van der Waals surface area contributed by atoms with Crippen molar-refractivity contribution in [2.45, 2.75) is 82.3 Å². The van der Waals surface area contributed by atoms with Gasteiger partial charge in [0.25, 0.3) is 5.91 Å². The highest BCUT2D eigenvalue weighted by Crippen LogP contribution is 2.61. The molecular weight excluding hydrogens is 674 g/mol. The summed E-state index contributed by atoms with van der Waals surface area (Å²) < 4.78 is 60.5. The molecule has 1 amide bonds. The second-order valence-corrected chi connectivity index (χ2v) is 14.1. The van der Waals surface area contributed by atoms with Gasteiger partial charge in [0.05, 0.1) is 35.3 Å². The maximum Gasteiger partial charge on any atom is 0.421 e. The van der Waals surface area contributed by atoms with Gasteiger partial charge < -0.3 is 35.2 Å². The molecule has 1 aliphatic carbocycles. The van der Waals surface area contributed by atoms with Crippen LogP contribution in [0.25, 0.3) is 0 Å². The molecule has 5 N–H and O–H groups in total. The van der Waals surface area contributed by atoms with Crippen molar-refractivity contribution in [1.82, 2.24) is 14.9 Å². The van der Waals surface area contributed by atoms with Gasteiger partial charge in [-0.25, -0.2) is 4.98 Å². The number of nitrogens with zero attached hydrogens (tertiary/aromatic N) is 3. The number of aromatic nitrogens is 2. The van der Waals surface area contributed by atoms with Gasteiger partial charge in [0.1, 0.15) is 17.1 Å². The molecule has 0 radical (unpaired) electrons. The molecule has 3 aromatic rings. The number of benzene rings is 2. The van der Waals surface area contributed by atoms with Crippen molar-refractivity contribution in [3.8, 4) is 5.75 Å². The van der Waals surface area contributed by atoms with Crippen molar-refractivity contribution in [3.05, 3.63) is 64.3 Å². The van der Waals surface area contributed by atoms with Crippen LogP contribution in [0.3, 0.4) is 0 Å². The molecule has 0 atom stereocenters. The lowest BCUT2D eigenvalue weighted by Crippen LogP contribution is -2.24. The molecule has 48 heavy (non-hydrogen) atoms. The molecule has 2 aromatic carbocycles. The first-order valence-electron chi connectivity index (χ1n) is 15.4. The Labute approximate surface area is 282 Å². The number of nitrogens with one attached hydrogen (secondary N) is 2. The standard InChI is InChI=1S/C32H39F3N5O6P.ClH/c1-5-31(6-2,47(43,44)45)19-9-13-24(26(15-19)46-4)38-30-36-16-23(32(33,34)35)28(39-30)37-25-14-12-21(18-7-10-20(41)11-8-18)22-17-40(3)29(42)27(22)25;/h9,12-16,18,20,41H,5-8,10-11,17H2,1-4H3,(H2,43,44,45)(H2,36,37,38,39);1H. The van der Waals surface area contributed by atoms with E-state index in [1.54, 1.807) is 27.0 Å². The van der Waals surface area contributed by atoms with Gasteiger partial charge in [0, 0.05) is 19.8 Å². The van der Waals surface area contributed by atoms with E-state index in [0.29, 0.717) is 31.1 Å². The van der Waals surface area contributed by atoms with E-state index in [-0.39, 0.29) is 71.8 Å². The smallest absolute Gasteiger partial charge is 0.421 e. The number of hydrogen-bond acceptors (Lipinski definition) is 8. The molecule has 1 aliphatic heterocycles. The highest BCUT2D eigenvalue weighted by molar-refractivity contribution is 7.53. The van der Waals surface area contributed by atoms with Crippen molar-refractivity contribution in [1.29, 1.82) is 0 Å². The van der Waals surface area contributed by atoms with Gasteiger partial charge in [-0.05, 0) is 79.3 Å². The Morgan fingerprint density at radius 1 is 1.04 bits per heavy atom. The number of amides is 1. The van der Waals surface area contributed by atoms with E-state index in [1.165, 1.54) is 30.2 Å². The number of carbonyl (C=O) groups excluding carboxylic acids is 1. The van der Waals surface area contributed by atoms with Crippen LogP contribution in [0, 0.1) is 0 Å². The van der Waals surface area contributed by atoms with Crippen LogP contribution in [0.2, 0.25) is 0 Å². The third-order valence-corrected chi connectivity index (χ3v) is 11.5. The number of carbonyl (C=O) groups is 1. The van der Waals surface area contributed by atoms with Gasteiger partial charge in [0.2, 0.25) is 5.95 Å². The zero-order valence-electron chi connectivity index (χ0n) is 27.0. The molecule has 2 heterocycles. The molecule has 0 bridgehead atoms. The number of aliphatic hydroxyl groups is 1. The SMILES string of the molecule is CCC(CC)(c1ccc(Nc2ncc(C(F)(F)F)c(Nc3ccc(C4CCC(O)CC4)c4c3C(=O)N(C)C4)n2)c(OC)c1)P(=O)(O)O.Cl. The van der Waals surface area contributed by atoms with Crippen LogP contribution < -0.4 is 15.4 Å². The Bertz CT molecular complexity index is 1710. The lowest BCUT2D eigenvalue weighted by molar-refractivity contribution is -0.137. The van der Waals surface area contributed by atoms with Crippen LogP contribution >= 0.6 is 20.0 Å². The molecule has 11 nitrogen and oxygen atoms in total. The maximum absolute atomic E-state index is 14.2. The van der Waals surface area contributed by atoms with E-state index >= 15 is 0 Å². The first-order valence-corrected chi connectivity index (χ1v) is 17.1. The van der Waals surface area contributed by atoms with Crippen LogP contribution in [-0.2, 0) is 22.4 Å². The molecule has 2 aliphatic rings. The number of anilines is 4. The number of methoxy groups -OCH3 is 1. The fraction of sp³-hybridized carbons (Fsp3) is 0.469. The number of halogens is 4. The van der Waals surface area contributed by atoms with E-state index in [0.717, 1.165) is 24.0 Å². The Hall–Kier alpha value is -3.42. The summed E-state index contributed by atoms with van der Waals surface area (Å²) in [5.41, 5.74) is 1.65. The number of alkyl halides is 3. The van der Waals surface area contributed by atoms with Crippen molar-refractivity contribution in [2.24, 2.45) is 0 Å². The van der Waals surface area contributed by atoms with Gasteiger partial charge >= 0.3 is 13.8 Å². The molecule has 1 aromatic heterocycles. The minimum atomic E-state index is -4.82. The molecule has 1 saturated carbocycles. The van der Waals surface area contributed by atoms with E-state index in [9.17, 15) is 37.4 Å². The van der Waals surface area contributed by atoms with Gasteiger partial charge in [-0.15, -0.1) is 12.4 Å². The molecule has 262 valence electrons. The number of ether oxygens (including phenoxy) is 1. The highest BCUT2D eigenvalue weighted by atomic mass is 35.5. The lowest BCUT2D eigenvalue weighted by atomic mass is 9.80. The predicted molar refractivity (Wildman–Crippen MR) is 178 cm³/mol. The van der Waals surface area contributed by atoms with Gasteiger partial charge in [-0.1, -0.05) is 26.0 Å². The van der Waals surface area contributed by atoms with E-state index in [1.807, 2.05) is 6.07 Å². The Kier molecular flexibility index (Phi) is 11.1. The summed E-state index contributed by atoms with van der Waals surface area (Å²) >= 11 is 0. The molecular formula is C32H40ClF3N5O6P. The molecule has 0 spiro atoms. The summed E-state index contributed by atoms with van der Waals surface area (Å²) in [6.07, 6.45) is -1.43. The van der Waals surface area contributed by atoms with Crippen molar-refractivity contribution in [3.63, 3.8) is 0 Å². The first kappa shape index (κ1) is 37.4. The van der Waals surface area contributed by atoms with Crippen molar-refractivity contribution < 1.29 is 42.2 Å². The largest absolute Gasteiger partial charge is 0.495 e. The van der Waals surface area contributed by atoms with E-state index in [2.05, 4.69) is 20.6 Å². The first-order chi connectivity index (χ1) is 22.1. The molecule has 1 fully saturated rings. The zero-order valence-corrected chi connectivity index (χ0v) is 28.7. The number of rotatable bonds is 10. The van der Waals surface area contributed by atoms with Gasteiger partial charge in [-0.3, -0.25) is 9.36 Å². The minimum Gasteiger partial charge on any atom is -0.495 e. The van der Waals surface area contributed by atoms with Gasteiger partial charge in [-0.2, -0.15) is 18.2 Å². The van der Waals surface area contributed by atoms with E-state index in [4.69, 9.17) is 4.74 Å². The van der Waals surface area contributed by atoms with Crippen molar-refractivity contribution in [2.75, 3.05) is 24.8 Å². The summed E-state index contributed by atoms with van der Waals surface area (Å²) in [6.45, 7) is 3.68. The summed E-state index contributed by atoms with van der Waals surface area (Å²) in [5.74, 6) is -0.796. The topological polar surface area (TPSA) is 157 Å². The zero-order chi connectivity index (χ0) is 34.3. The maximum atomic E-state index is 14.2. The molecule has 16 heteroatoms. The molecule has 0 unspecified atom stereocenters. The average Bonchev–Trinajstić information content (AvgIpc) is 3.32. The van der Waals surface area contributed by atoms with Crippen LogP contribution in [0.15, 0.2) is 36.5 Å². The fourth-order valence-corrected chi connectivity index (χ4v) is 8.07. The Balaban J connectivity index is 0.00000520. The number of hydrogen-bond donors (Lipinski definition) is 5. The third-order valence-electron chi connectivity index (χ3n) is 9.50. The fourth-order valence-electron chi connectivity index (χ4n) is 6.77. The Morgan fingerprint density at radius 2 is 1.69 bits per heavy atom. The van der Waals surface area contributed by atoms with Crippen LogP contribution in [0.1, 0.15) is 90.9 Å². The quantitative estimate of drug-likeness (QED) is 0.136. The van der Waals surface area contributed by atoms with Crippen LogP contribution in [0.5, 0.6) is 5.75 Å². The van der Waals surface area contributed by atoms with Crippen LogP contribution in [-0.4, -0.2) is 55.9 Å². The summed E-state index contributed by atoms with van der Waals surface area (Å²) in [5, 5.41) is 14.2. The Morgan fingerprint density at radius 3 is 2.27 bits per heavy atom. The monoisotopic (exact) mass is 713 g/mol.